The molecule has 0 radical (unpaired) electrons. The molecule has 0 spiro atoms. The van der Waals surface area contributed by atoms with Gasteiger partial charge in [-0.3, -0.25) is 0 Å². The number of benzene rings is 2. The summed E-state index contributed by atoms with van der Waals surface area (Å²) in [6, 6.07) is 11.3. The van der Waals surface area contributed by atoms with Gasteiger partial charge >= 0.3 is 6.09 Å². The maximum absolute atomic E-state index is 14.1. The molecule has 9 heteroatoms. The Hall–Kier alpha value is -3.46. The number of phenols is 1. The van der Waals surface area contributed by atoms with Gasteiger partial charge in [-0.25, -0.2) is 19.2 Å². The van der Waals surface area contributed by atoms with Crippen LogP contribution in [0.5, 0.6) is 5.75 Å². The van der Waals surface area contributed by atoms with Crippen LogP contribution < -0.4 is 10.2 Å². The van der Waals surface area contributed by atoms with Crippen LogP contribution in [0.1, 0.15) is 12.8 Å². The summed E-state index contributed by atoms with van der Waals surface area (Å²) in [5, 5.41) is 13.7. The van der Waals surface area contributed by atoms with E-state index in [4.69, 9.17) is 14.5 Å². The number of nitrogens with one attached hydrogen (secondary N) is 1. The second kappa shape index (κ2) is 9.19. The van der Waals surface area contributed by atoms with Crippen molar-refractivity contribution in [3.05, 3.63) is 48.3 Å². The SMILES string of the molecule is O=C(NC[C@@H]1CCN(c2nc(-c3ccccc3O)nc3ccc(F)cc23)C1)O[C@H]1CCOC1. The Labute approximate surface area is 190 Å². The number of fused-ring (bicyclic) bond motifs is 1. The van der Waals surface area contributed by atoms with Crippen molar-refractivity contribution in [2.45, 2.75) is 18.9 Å². The van der Waals surface area contributed by atoms with Gasteiger partial charge in [0.15, 0.2) is 5.82 Å². The molecule has 172 valence electrons. The maximum atomic E-state index is 14.1. The highest BCUT2D eigenvalue weighted by Crippen LogP contribution is 2.33. The fourth-order valence-corrected chi connectivity index (χ4v) is 4.33. The van der Waals surface area contributed by atoms with Gasteiger partial charge in [-0.05, 0) is 42.7 Å². The Morgan fingerprint density at radius 2 is 2.12 bits per heavy atom. The monoisotopic (exact) mass is 452 g/mol. The van der Waals surface area contributed by atoms with Crippen LogP contribution in [0.25, 0.3) is 22.3 Å². The first kappa shape index (κ1) is 21.4. The van der Waals surface area contributed by atoms with E-state index in [0.717, 1.165) is 12.8 Å². The van der Waals surface area contributed by atoms with Crippen LogP contribution in [-0.4, -0.2) is 60.1 Å². The quantitative estimate of drug-likeness (QED) is 0.612. The van der Waals surface area contributed by atoms with E-state index in [9.17, 15) is 14.3 Å². The van der Waals surface area contributed by atoms with Gasteiger partial charge in [-0.2, -0.15) is 0 Å². The van der Waals surface area contributed by atoms with Crippen LogP contribution in [0.3, 0.4) is 0 Å². The fourth-order valence-electron chi connectivity index (χ4n) is 4.33. The van der Waals surface area contributed by atoms with Crippen molar-refractivity contribution in [1.29, 1.82) is 0 Å². The zero-order valence-corrected chi connectivity index (χ0v) is 18.0. The molecule has 2 aliphatic rings. The highest BCUT2D eigenvalue weighted by molar-refractivity contribution is 5.91. The predicted molar refractivity (Wildman–Crippen MR) is 121 cm³/mol. The number of hydrogen-bond donors (Lipinski definition) is 2. The lowest BCUT2D eigenvalue weighted by atomic mass is 10.1. The molecule has 33 heavy (non-hydrogen) atoms. The zero-order chi connectivity index (χ0) is 22.8. The number of halogens is 1. The molecule has 1 amide bonds. The van der Waals surface area contributed by atoms with E-state index in [-0.39, 0.29) is 23.6 Å². The number of ether oxygens (including phenoxy) is 2. The van der Waals surface area contributed by atoms with Crippen molar-refractivity contribution < 1.29 is 23.8 Å². The first-order valence-electron chi connectivity index (χ1n) is 11.1. The fraction of sp³-hybridized carbons (Fsp3) is 0.375. The van der Waals surface area contributed by atoms with Crippen molar-refractivity contribution in [3.63, 3.8) is 0 Å². The van der Waals surface area contributed by atoms with Crippen molar-refractivity contribution >= 4 is 22.8 Å². The lowest BCUT2D eigenvalue weighted by molar-refractivity contribution is 0.0825. The Balaban J connectivity index is 1.35. The molecule has 1 aromatic heterocycles. The Morgan fingerprint density at radius 1 is 1.24 bits per heavy atom. The average molecular weight is 452 g/mol. The van der Waals surface area contributed by atoms with E-state index in [0.29, 0.717) is 61.0 Å². The van der Waals surface area contributed by atoms with Crippen LogP contribution in [-0.2, 0) is 9.47 Å². The van der Waals surface area contributed by atoms with E-state index < -0.39 is 6.09 Å². The Bertz CT molecular complexity index is 1170. The summed E-state index contributed by atoms with van der Waals surface area (Å²) in [5.74, 6) is 0.917. The summed E-state index contributed by atoms with van der Waals surface area (Å²) in [5.41, 5.74) is 1.12. The van der Waals surface area contributed by atoms with Crippen LogP contribution in [0.15, 0.2) is 42.5 Å². The molecule has 0 saturated carbocycles. The van der Waals surface area contributed by atoms with Gasteiger partial charge < -0.3 is 24.8 Å². The van der Waals surface area contributed by atoms with Crippen molar-refractivity contribution in [2.75, 3.05) is 37.7 Å². The van der Waals surface area contributed by atoms with Crippen molar-refractivity contribution in [1.82, 2.24) is 15.3 Å². The number of hydrogen-bond acceptors (Lipinski definition) is 7. The normalized spacial score (nSPS) is 20.3. The van der Waals surface area contributed by atoms with Crippen LogP contribution in [0.4, 0.5) is 15.0 Å². The molecule has 3 heterocycles. The summed E-state index contributed by atoms with van der Waals surface area (Å²) in [7, 11) is 0. The molecule has 2 aromatic carbocycles. The predicted octanol–water partition coefficient (Wildman–Crippen LogP) is 3.48. The second-order valence-electron chi connectivity index (χ2n) is 8.42. The molecule has 2 fully saturated rings. The average Bonchev–Trinajstić information content (AvgIpc) is 3.50. The highest BCUT2D eigenvalue weighted by atomic mass is 19.1. The van der Waals surface area contributed by atoms with E-state index in [2.05, 4.69) is 15.2 Å². The first-order valence-corrected chi connectivity index (χ1v) is 11.1. The number of alkyl carbamates (subject to hydrolysis) is 1. The lowest BCUT2D eigenvalue weighted by Gasteiger charge is -2.21. The number of phenolic OH excluding ortho intramolecular Hbond substituents is 1. The third-order valence-corrected chi connectivity index (χ3v) is 6.06. The van der Waals surface area contributed by atoms with E-state index >= 15 is 0 Å². The van der Waals surface area contributed by atoms with Gasteiger partial charge in [0.1, 0.15) is 23.5 Å². The van der Waals surface area contributed by atoms with Gasteiger partial charge in [0.25, 0.3) is 0 Å². The summed E-state index contributed by atoms with van der Waals surface area (Å²) >= 11 is 0. The van der Waals surface area contributed by atoms with Gasteiger partial charge in [0, 0.05) is 31.4 Å². The van der Waals surface area contributed by atoms with E-state index in [1.165, 1.54) is 12.1 Å². The summed E-state index contributed by atoms with van der Waals surface area (Å²) < 4.78 is 24.6. The van der Waals surface area contributed by atoms with Crippen LogP contribution in [0, 0.1) is 11.7 Å². The van der Waals surface area contributed by atoms with Crippen LogP contribution >= 0.6 is 0 Å². The number of rotatable bonds is 5. The number of nitrogens with zero attached hydrogens (tertiary/aromatic N) is 3. The number of aromatic hydroxyl groups is 1. The smallest absolute Gasteiger partial charge is 0.407 e. The molecule has 2 aliphatic heterocycles. The minimum absolute atomic E-state index is 0.0829. The molecule has 0 aliphatic carbocycles. The zero-order valence-electron chi connectivity index (χ0n) is 18.0. The highest BCUT2D eigenvalue weighted by Gasteiger charge is 2.27. The summed E-state index contributed by atoms with van der Waals surface area (Å²) in [6.45, 7) is 2.90. The molecule has 0 unspecified atom stereocenters. The van der Waals surface area contributed by atoms with E-state index in [1.807, 2.05) is 0 Å². The molecule has 0 bridgehead atoms. The van der Waals surface area contributed by atoms with Gasteiger partial charge in [-0.15, -0.1) is 0 Å². The van der Waals surface area contributed by atoms with Gasteiger partial charge in [0.05, 0.1) is 24.3 Å². The topological polar surface area (TPSA) is 96.8 Å². The third kappa shape index (κ3) is 4.68. The molecule has 2 saturated heterocycles. The second-order valence-corrected chi connectivity index (χ2v) is 8.42. The molecule has 3 aromatic rings. The number of anilines is 1. The lowest BCUT2D eigenvalue weighted by Crippen LogP contribution is -2.34. The Kier molecular flexibility index (Phi) is 5.95. The molecular formula is C24H25FN4O4. The van der Waals surface area contributed by atoms with Gasteiger partial charge in [-0.1, -0.05) is 12.1 Å². The molecular weight excluding hydrogens is 427 g/mol. The number of para-hydroxylation sites is 1. The third-order valence-electron chi connectivity index (χ3n) is 6.06. The van der Waals surface area contributed by atoms with Gasteiger partial charge in [0.2, 0.25) is 0 Å². The van der Waals surface area contributed by atoms with Crippen molar-refractivity contribution in [2.24, 2.45) is 5.92 Å². The minimum Gasteiger partial charge on any atom is -0.507 e. The first-order chi connectivity index (χ1) is 16.1. The molecule has 8 nitrogen and oxygen atoms in total. The summed E-state index contributed by atoms with van der Waals surface area (Å²) in [6.07, 6.45) is 0.960. The van der Waals surface area contributed by atoms with Crippen LogP contribution in [0.2, 0.25) is 0 Å². The number of carbonyl (C=O) groups excluding carboxylic acids is 1. The molecule has 5 rings (SSSR count). The number of carbonyl (C=O) groups is 1. The maximum Gasteiger partial charge on any atom is 0.407 e. The standard InChI is InChI=1S/C24H25FN4O4/c25-16-5-6-20-19(11-16)23(28-22(27-20)18-3-1-2-4-21(18)30)29-9-7-15(13-29)12-26-24(31)33-17-8-10-32-14-17/h1-6,11,15,17,30H,7-10,12-14H2,(H,26,31)/t15-,17-/m0/s1. The molecule has 2 N–H and O–H groups in total. The van der Waals surface area contributed by atoms with Crippen molar-refractivity contribution in [3.8, 4) is 17.1 Å². The van der Waals surface area contributed by atoms with E-state index in [1.54, 1.807) is 30.3 Å². The largest absolute Gasteiger partial charge is 0.507 e. The summed E-state index contributed by atoms with van der Waals surface area (Å²) in [4.78, 5) is 23.4. The number of aromatic nitrogens is 2. The minimum atomic E-state index is -0.430. The number of amides is 1. The Morgan fingerprint density at radius 3 is 2.94 bits per heavy atom. The molecule has 2 atom stereocenters.